The third-order valence-electron chi connectivity index (χ3n) is 2.43. The SMILES string of the molecule is CCCCC1=N[C@H](C)[C@@H](C(=O)O)C(=O)N1. The Hall–Kier alpha value is -1.39. The normalized spacial score (nSPS) is 25.7. The topological polar surface area (TPSA) is 78.8 Å². The molecule has 0 radical (unpaired) electrons. The van der Waals surface area contributed by atoms with Crippen LogP contribution in [0.1, 0.15) is 33.1 Å². The first-order valence-corrected chi connectivity index (χ1v) is 5.16. The van der Waals surface area contributed by atoms with Crippen LogP contribution < -0.4 is 5.32 Å². The van der Waals surface area contributed by atoms with Gasteiger partial charge in [0.15, 0.2) is 5.92 Å². The predicted molar refractivity (Wildman–Crippen MR) is 55.7 cm³/mol. The molecule has 0 unspecified atom stereocenters. The molecule has 1 rings (SSSR count). The molecular formula is C10H16N2O3. The van der Waals surface area contributed by atoms with Crippen LogP contribution in [0.25, 0.3) is 0 Å². The second-order valence-corrected chi connectivity index (χ2v) is 3.73. The predicted octanol–water partition coefficient (Wildman–Crippen LogP) is 0.794. The van der Waals surface area contributed by atoms with Crippen molar-refractivity contribution in [1.29, 1.82) is 0 Å². The van der Waals surface area contributed by atoms with Gasteiger partial charge in [0.2, 0.25) is 5.91 Å². The van der Waals surface area contributed by atoms with Crippen LogP contribution in [0.3, 0.4) is 0 Å². The summed E-state index contributed by atoms with van der Waals surface area (Å²) in [7, 11) is 0. The lowest BCUT2D eigenvalue weighted by Crippen LogP contribution is -2.48. The molecule has 0 saturated carbocycles. The lowest BCUT2D eigenvalue weighted by molar-refractivity contribution is -0.147. The lowest BCUT2D eigenvalue weighted by atomic mass is 9.98. The van der Waals surface area contributed by atoms with E-state index in [1.165, 1.54) is 0 Å². The number of carbonyl (C=O) groups excluding carboxylic acids is 1. The van der Waals surface area contributed by atoms with Gasteiger partial charge in [-0.2, -0.15) is 0 Å². The van der Waals surface area contributed by atoms with Crippen molar-refractivity contribution in [1.82, 2.24) is 5.32 Å². The molecule has 0 aromatic carbocycles. The van der Waals surface area contributed by atoms with Crippen molar-refractivity contribution in [3.8, 4) is 0 Å². The van der Waals surface area contributed by atoms with Crippen LogP contribution in [0.5, 0.6) is 0 Å². The number of unbranched alkanes of at least 4 members (excludes halogenated alkanes) is 1. The van der Waals surface area contributed by atoms with Crippen LogP contribution in [-0.2, 0) is 9.59 Å². The van der Waals surface area contributed by atoms with E-state index in [9.17, 15) is 9.59 Å². The third-order valence-corrected chi connectivity index (χ3v) is 2.43. The molecule has 0 spiro atoms. The Morgan fingerprint density at radius 3 is 2.73 bits per heavy atom. The van der Waals surface area contributed by atoms with E-state index in [1.54, 1.807) is 6.92 Å². The molecule has 5 nitrogen and oxygen atoms in total. The number of aliphatic carboxylic acids is 1. The molecule has 5 heteroatoms. The number of nitrogens with zero attached hydrogens (tertiary/aromatic N) is 1. The van der Waals surface area contributed by atoms with Crippen LogP contribution in [-0.4, -0.2) is 28.9 Å². The molecule has 2 N–H and O–H groups in total. The second kappa shape index (κ2) is 4.91. The van der Waals surface area contributed by atoms with Gasteiger partial charge in [0, 0.05) is 6.42 Å². The lowest BCUT2D eigenvalue weighted by Gasteiger charge is -2.23. The number of hydrogen-bond acceptors (Lipinski definition) is 3. The van der Waals surface area contributed by atoms with E-state index in [-0.39, 0.29) is 0 Å². The molecule has 1 aliphatic rings. The molecule has 0 fully saturated rings. The Kier molecular flexibility index (Phi) is 3.82. The Morgan fingerprint density at radius 1 is 1.60 bits per heavy atom. The van der Waals surface area contributed by atoms with E-state index in [0.29, 0.717) is 12.3 Å². The number of hydrogen-bond donors (Lipinski definition) is 2. The maximum absolute atomic E-state index is 11.4. The average Bonchev–Trinajstić information content (AvgIpc) is 2.12. The molecule has 1 aliphatic heterocycles. The van der Waals surface area contributed by atoms with Crippen molar-refractivity contribution in [2.24, 2.45) is 10.9 Å². The van der Waals surface area contributed by atoms with Gasteiger partial charge in [-0.25, -0.2) is 0 Å². The van der Waals surface area contributed by atoms with Crippen molar-refractivity contribution >= 4 is 17.7 Å². The summed E-state index contributed by atoms with van der Waals surface area (Å²) in [4.78, 5) is 26.4. The Balaban J connectivity index is 2.71. The van der Waals surface area contributed by atoms with E-state index in [1.807, 2.05) is 0 Å². The summed E-state index contributed by atoms with van der Waals surface area (Å²) in [5.74, 6) is -1.99. The molecule has 2 atom stereocenters. The van der Waals surface area contributed by atoms with Crippen LogP contribution >= 0.6 is 0 Å². The van der Waals surface area contributed by atoms with Gasteiger partial charge >= 0.3 is 5.97 Å². The Bertz CT molecular complexity index is 299. The van der Waals surface area contributed by atoms with Gasteiger partial charge in [0.05, 0.1) is 6.04 Å². The summed E-state index contributed by atoms with van der Waals surface area (Å²) in [6.07, 6.45) is 2.67. The largest absolute Gasteiger partial charge is 0.481 e. The van der Waals surface area contributed by atoms with E-state index >= 15 is 0 Å². The molecular weight excluding hydrogens is 196 g/mol. The molecule has 0 saturated heterocycles. The van der Waals surface area contributed by atoms with E-state index in [2.05, 4.69) is 17.2 Å². The first-order valence-electron chi connectivity index (χ1n) is 5.16. The summed E-state index contributed by atoms with van der Waals surface area (Å²) in [6, 6.07) is -0.469. The molecule has 1 amide bonds. The van der Waals surface area contributed by atoms with Gasteiger partial charge in [-0.3, -0.25) is 14.6 Å². The summed E-state index contributed by atoms with van der Waals surface area (Å²) >= 11 is 0. The van der Waals surface area contributed by atoms with Crippen LogP contribution in [0.4, 0.5) is 0 Å². The maximum Gasteiger partial charge on any atom is 0.318 e. The van der Waals surface area contributed by atoms with Crippen LogP contribution in [0.15, 0.2) is 4.99 Å². The number of amidine groups is 1. The zero-order valence-electron chi connectivity index (χ0n) is 8.99. The monoisotopic (exact) mass is 212 g/mol. The van der Waals surface area contributed by atoms with Crippen molar-refractivity contribution < 1.29 is 14.7 Å². The highest BCUT2D eigenvalue weighted by atomic mass is 16.4. The van der Waals surface area contributed by atoms with Gasteiger partial charge in [-0.1, -0.05) is 13.3 Å². The zero-order chi connectivity index (χ0) is 11.4. The smallest absolute Gasteiger partial charge is 0.318 e. The highest BCUT2D eigenvalue weighted by molar-refractivity contribution is 6.08. The number of rotatable bonds is 4. The Morgan fingerprint density at radius 2 is 2.27 bits per heavy atom. The molecule has 84 valence electrons. The van der Waals surface area contributed by atoms with Gasteiger partial charge < -0.3 is 10.4 Å². The minimum Gasteiger partial charge on any atom is -0.481 e. The number of amides is 1. The third kappa shape index (κ3) is 2.78. The minimum absolute atomic E-state index is 0.448. The second-order valence-electron chi connectivity index (χ2n) is 3.73. The van der Waals surface area contributed by atoms with Crippen LogP contribution in [0.2, 0.25) is 0 Å². The van der Waals surface area contributed by atoms with Crippen molar-refractivity contribution in [3.63, 3.8) is 0 Å². The zero-order valence-corrected chi connectivity index (χ0v) is 8.99. The van der Waals surface area contributed by atoms with E-state index < -0.39 is 23.8 Å². The van der Waals surface area contributed by atoms with Crippen LogP contribution in [0, 0.1) is 5.92 Å². The molecule has 0 aromatic rings. The molecule has 15 heavy (non-hydrogen) atoms. The molecule has 0 bridgehead atoms. The first kappa shape index (κ1) is 11.7. The fraction of sp³-hybridized carbons (Fsp3) is 0.700. The van der Waals surface area contributed by atoms with Gasteiger partial charge in [0.1, 0.15) is 5.84 Å². The highest BCUT2D eigenvalue weighted by Gasteiger charge is 2.35. The summed E-state index contributed by atoms with van der Waals surface area (Å²) < 4.78 is 0. The number of nitrogens with one attached hydrogen (secondary N) is 1. The molecule has 0 aromatic heterocycles. The standard InChI is InChI=1S/C10H16N2O3/c1-3-4-5-7-11-6(2)8(10(14)15)9(13)12-7/h6,8H,3-5H2,1-2H3,(H,14,15)(H,11,12,13)/t6-,8-/m1/s1. The maximum atomic E-state index is 11.4. The highest BCUT2D eigenvalue weighted by Crippen LogP contribution is 2.14. The van der Waals surface area contributed by atoms with Gasteiger partial charge in [-0.15, -0.1) is 0 Å². The number of carbonyl (C=O) groups is 2. The van der Waals surface area contributed by atoms with Crippen molar-refractivity contribution in [2.45, 2.75) is 39.2 Å². The number of carboxylic acids is 1. The van der Waals surface area contributed by atoms with Crippen molar-refractivity contribution in [2.75, 3.05) is 0 Å². The average molecular weight is 212 g/mol. The van der Waals surface area contributed by atoms with Gasteiger partial charge in [-0.05, 0) is 13.3 Å². The summed E-state index contributed by atoms with van der Waals surface area (Å²) in [5, 5.41) is 11.4. The molecule has 0 aliphatic carbocycles. The van der Waals surface area contributed by atoms with E-state index in [4.69, 9.17) is 5.11 Å². The molecule has 1 heterocycles. The fourth-order valence-corrected chi connectivity index (χ4v) is 1.58. The number of carboxylic acid groups (broad SMARTS) is 1. The van der Waals surface area contributed by atoms with E-state index in [0.717, 1.165) is 12.8 Å². The van der Waals surface area contributed by atoms with Gasteiger partial charge in [0.25, 0.3) is 0 Å². The minimum atomic E-state index is -1.11. The summed E-state index contributed by atoms with van der Waals surface area (Å²) in [6.45, 7) is 3.71. The quantitative estimate of drug-likeness (QED) is 0.676. The van der Waals surface area contributed by atoms with Crippen molar-refractivity contribution in [3.05, 3.63) is 0 Å². The number of aliphatic imine (C=N–C) groups is 1. The Labute approximate surface area is 88.6 Å². The first-order chi connectivity index (χ1) is 7.06. The fourth-order valence-electron chi connectivity index (χ4n) is 1.58. The summed E-state index contributed by atoms with van der Waals surface area (Å²) in [5.41, 5.74) is 0.